The van der Waals surface area contributed by atoms with Crippen molar-refractivity contribution >= 4 is 0 Å². The number of rotatable bonds is 14. The summed E-state index contributed by atoms with van der Waals surface area (Å²) in [6, 6.07) is 0. The number of aliphatic hydroxyl groups excluding tert-OH is 12. The summed E-state index contributed by atoms with van der Waals surface area (Å²) in [5.41, 5.74) is -1.32. The van der Waals surface area contributed by atoms with Gasteiger partial charge >= 0.3 is 0 Å². The zero-order chi connectivity index (χ0) is 49.5. The third kappa shape index (κ3) is 9.24. The Hall–Kier alpha value is -1.02. The van der Waals surface area contributed by atoms with Gasteiger partial charge in [0.25, 0.3) is 0 Å². The molecular weight excluding hydrogens is 881 g/mol. The van der Waals surface area contributed by atoms with Crippen LogP contribution in [0.2, 0.25) is 0 Å². The van der Waals surface area contributed by atoms with Crippen molar-refractivity contribution in [3.05, 3.63) is 11.6 Å². The molecule has 3 saturated carbocycles. The quantitative estimate of drug-likeness (QED) is 0.0924. The van der Waals surface area contributed by atoms with Crippen LogP contribution < -0.4 is 0 Å². The summed E-state index contributed by atoms with van der Waals surface area (Å²) in [5, 5.41) is 141. The van der Waals surface area contributed by atoms with Gasteiger partial charge in [-0.05, 0) is 99.7 Å². The number of aliphatic hydroxyl groups is 13. The van der Waals surface area contributed by atoms with E-state index in [-0.39, 0.29) is 51.8 Å². The van der Waals surface area contributed by atoms with Crippen molar-refractivity contribution in [2.24, 2.45) is 45.3 Å². The number of allylic oxidation sites excluding steroid dienone is 1. The van der Waals surface area contributed by atoms with Gasteiger partial charge in [-0.25, -0.2) is 0 Å². The van der Waals surface area contributed by atoms with E-state index < -0.39 is 136 Å². The van der Waals surface area contributed by atoms with E-state index >= 15 is 0 Å². The van der Waals surface area contributed by atoms with E-state index in [1.54, 1.807) is 13.8 Å². The Morgan fingerprint density at radius 3 is 1.84 bits per heavy atom. The molecule has 0 aromatic rings. The molecule has 19 heteroatoms. The van der Waals surface area contributed by atoms with E-state index in [0.29, 0.717) is 19.3 Å². The van der Waals surface area contributed by atoms with Crippen molar-refractivity contribution in [2.45, 2.75) is 223 Å². The van der Waals surface area contributed by atoms with Crippen LogP contribution >= 0.6 is 0 Å². The molecule has 3 aliphatic heterocycles. The largest absolute Gasteiger partial charge is 0.394 e. The fraction of sp³-hybridized carbons (Fsp3) is 0.958. The number of ether oxygens (including phenoxy) is 6. The Balaban J connectivity index is 1.10. The summed E-state index contributed by atoms with van der Waals surface area (Å²) in [4.78, 5) is 0. The van der Waals surface area contributed by atoms with Crippen LogP contribution in [-0.2, 0) is 28.4 Å². The second-order valence-corrected chi connectivity index (χ2v) is 23.1. The molecule has 0 spiro atoms. The molecule has 0 amide bonds. The first-order chi connectivity index (χ1) is 31.2. The molecule has 13 N–H and O–H groups in total. The van der Waals surface area contributed by atoms with Crippen LogP contribution in [0.4, 0.5) is 0 Å². The Morgan fingerprint density at radius 2 is 1.24 bits per heavy atom. The molecule has 19 nitrogen and oxygen atoms in total. The first kappa shape index (κ1) is 53.8. The third-order valence-electron chi connectivity index (χ3n) is 18.7. The van der Waals surface area contributed by atoms with Gasteiger partial charge in [0.15, 0.2) is 18.9 Å². The van der Waals surface area contributed by atoms with Crippen molar-refractivity contribution in [1.29, 1.82) is 0 Å². The van der Waals surface area contributed by atoms with E-state index in [2.05, 4.69) is 47.6 Å². The molecule has 7 rings (SSSR count). The van der Waals surface area contributed by atoms with Crippen LogP contribution in [0.15, 0.2) is 11.6 Å². The third-order valence-corrected chi connectivity index (χ3v) is 18.7. The van der Waals surface area contributed by atoms with Crippen LogP contribution in [0.25, 0.3) is 0 Å². The Kier molecular flexibility index (Phi) is 15.9. The maximum atomic E-state index is 12.4. The summed E-state index contributed by atoms with van der Waals surface area (Å²) in [6.45, 7) is 14.4. The predicted octanol–water partition coefficient (Wildman–Crippen LogP) is -1.06. The predicted molar refractivity (Wildman–Crippen MR) is 235 cm³/mol. The lowest BCUT2D eigenvalue weighted by Crippen LogP contribution is -2.65. The highest BCUT2D eigenvalue weighted by molar-refractivity contribution is 5.31. The summed E-state index contributed by atoms with van der Waals surface area (Å²) in [5.74, 6) is 0.678. The van der Waals surface area contributed by atoms with Gasteiger partial charge in [0.1, 0.15) is 73.2 Å². The van der Waals surface area contributed by atoms with Gasteiger partial charge in [0.2, 0.25) is 0 Å². The fourth-order valence-electron chi connectivity index (χ4n) is 14.1. The van der Waals surface area contributed by atoms with Crippen molar-refractivity contribution in [3.63, 3.8) is 0 Å². The van der Waals surface area contributed by atoms with Gasteiger partial charge in [-0.2, -0.15) is 0 Å². The zero-order valence-electron chi connectivity index (χ0n) is 40.3. The number of fused-ring (bicyclic) bond motifs is 5. The van der Waals surface area contributed by atoms with Crippen molar-refractivity contribution in [1.82, 2.24) is 0 Å². The smallest absolute Gasteiger partial charge is 0.187 e. The minimum Gasteiger partial charge on any atom is -0.394 e. The number of hydrogen-bond acceptors (Lipinski definition) is 19. The fourth-order valence-corrected chi connectivity index (χ4v) is 14.1. The van der Waals surface area contributed by atoms with E-state index in [0.717, 1.165) is 25.7 Å². The molecule has 25 atom stereocenters. The monoisotopic (exact) mass is 963 g/mol. The Morgan fingerprint density at radius 1 is 0.672 bits per heavy atom. The SMILES string of the molecule is C[C@H](CC[C@@H](O[C@@H]1O[C@H](CO[C@@H]2O[C@H](CO)[C@@H](O)[C@H](O)[C@H]2O)[C@@H](O)[C@H](O)[C@H]1O[C@@H]1O[C@H](CO)[C@@H](O)[C@H](O)[C@H]1O)C(C)(C)O)[C@@H]1CC[C@@]2(C)[C@@H]3CC=C4[C@@H](CC[C@H](O)C4(C)C)[C@]3(C)[C@H](O)C[C@]12C. The highest BCUT2D eigenvalue weighted by Crippen LogP contribution is 2.75. The zero-order valence-corrected chi connectivity index (χ0v) is 40.3. The maximum Gasteiger partial charge on any atom is 0.187 e. The van der Waals surface area contributed by atoms with Crippen LogP contribution in [0.3, 0.4) is 0 Å². The molecule has 6 fully saturated rings. The molecule has 67 heavy (non-hydrogen) atoms. The van der Waals surface area contributed by atoms with E-state index in [9.17, 15) is 66.4 Å². The molecule has 3 saturated heterocycles. The van der Waals surface area contributed by atoms with Crippen molar-refractivity contribution in [3.8, 4) is 0 Å². The highest BCUT2D eigenvalue weighted by atomic mass is 16.8. The molecule has 388 valence electrons. The second kappa shape index (κ2) is 19.8. The average molecular weight is 963 g/mol. The normalized spacial score (nSPS) is 51.0. The van der Waals surface area contributed by atoms with Gasteiger partial charge in [-0.15, -0.1) is 0 Å². The summed E-state index contributed by atoms with van der Waals surface area (Å²) in [7, 11) is 0. The van der Waals surface area contributed by atoms with Crippen LogP contribution in [0.5, 0.6) is 0 Å². The molecular formula is C48H82O19. The maximum absolute atomic E-state index is 12.4. The Bertz CT molecular complexity index is 1710. The highest BCUT2D eigenvalue weighted by Gasteiger charge is 2.70. The first-order valence-electron chi connectivity index (χ1n) is 24.5. The molecule has 0 radical (unpaired) electrons. The lowest BCUT2D eigenvalue weighted by Gasteiger charge is -2.67. The molecule has 0 bridgehead atoms. The number of hydrogen-bond donors (Lipinski definition) is 13. The lowest BCUT2D eigenvalue weighted by molar-refractivity contribution is -0.380. The van der Waals surface area contributed by atoms with Crippen molar-refractivity contribution in [2.75, 3.05) is 19.8 Å². The summed E-state index contributed by atoms with van der Waals surface area (Å²) >= 11 is 0. The first-order valence-corrected chi connectivity index (χ1v) is 24.5. The van der Waals surface area contributed by atoms with Gasteiger partial charge in [0.05, 0.1) is 43.7 Å². The van der Waals surface area contributed by atoms with E-state index in [1.165, 1.54) is 5.57 Å². The lowest BCUT2D eigenvalue weighted by atomic mass is 9.38. The van der Waals surface area contributed by atoms with E-state index in [1.807, 2.05) is 0 Å². The van der Waals surface area contributed by atoms with Gasteiger partial charge in [0, 0.05) is 10.8 Å². The minimum absolute atomic E-state index is 0.0795. The van der Waals surface area contributed by atoms with Gasteiger partial charge < -0.3 is 94.8 Å². The molecule has 3 heterocycles. The van der Waals surface area contributed by atoms with Crippen LogP contribution in [0, 0.1) is 45.3 Å². The topological polar surface area (TPSA) is 318 Å². The molecule has 0 aromatic heterocycles. The standard InChI is InChI=1S/C48H82O19/c1-21(22-15-16-46(6)28-12-10-23-24(11-13-29(51)44(23,2)3)48(28,8)30(52)17-47(22,46)7)9-14-31(45(4,5)61)66-43-40(67-42-39(60)36(57)33(54)26(19-50)64-42)37(58)34(55)27(65-43)20-62-41-38(59)35(56)32(53)25(18-49)63-41/h10,21-22,24-43,49-61H,9,11-20H2,1-8H3/t21-,22+,24-,25-,26-,27-,28+,29+,30-,31-,32-,33-,34-,35+,36+,37+,38-,39-,40-,41-,42+,43+,46+,47-,48+/m1/s1. The second-order valence-electron chi connectivity index (χ2n) is 23.1. The minimum atomic E-state index is -1.90. The molecule has 7 aliphatic rings. The van der Waals surface area contributed by atoms with Crippen LogP contribution in [0.1, 0.15) is 107 Å². The van der Waals surface area contributed by atoms with E-state index in [4.69, 9.17) is 28.4 Å². The van der Waals surface area contributed by atoms with Crippen molar-refractivity contribution < 1.29 is 94.8 Å². The molecule has 4 aliphatic carbocycles. The van der Waals surface area contributed by atoms with Gasteiger partial charge in [-0.1, -0.05) is 53.2 Å². The summed E-state index contributed by atoms with van der Waals surface area (Å²) < 4.78 is 35.5. The summed E-state index contributed by atoms with van der Waals surface area (Å²) in [6.07, 6.45) is -19.2. The van der Waals surface area contributed by atoms with Crippen LogP contribution in [-0.4, -0.2) is 202 Å². The van der Waals surface area contributed by atoms with Gasteiger partial charge in [-0.3, -0.25) is 0 Å². The molecule has 0 unspecified atom stereocenters. The Labute approximate surface area is 393 Å². The molecule has 0 aromatic carbocycles. The average Bonchev–Trinajstić information content (AvgIpc) is 3.54.